The number of aliphatic hydroxyl groups excluding tert-OH is 1. The van der Waals surface area contributed by atoms with E-state index in [-0.39, 0.29) is 5.76 Å². The second-order valence-corrected chi connectivity index (χ2v) is 2.50. The average molecular weight is 186 g/mol. The molecule has 0 aliphatic carbocycles. The highest BCUT2D eigenvalue weighted by Crippen LogP contribution is 2.07. The minimum Gasteiger partial charge on any atom is -0.510 e. The number of likely N-dealkylation sites (N-methyl/N-ethyl adjacent to an activating group) is 1. The number of carbonyl (C=O) groups excluding carboxylic acids is 1. The minimum absolute atomic E-state index is 0.341. The Morgan fingerprint density at radius 2 is 1.85 bits per heavy atom. The highest BCUT2D eigenvalue weighted by Gasteiger charge is 2.18. The van der Waals surface area contributed by atoms with Crippen molar-refractivity contribution in [1.29, 1.82) is 0 Å². The van der Waals surface area contributed by atoms with Crippen molar-refractivity contribution in [2.45, 2.75) is 20.8 Å². The zero-order valence-corrected chi connectivity index (χ0v) is 8.07. The quantitative estimate of drug-likeness (QED) is 0.410. The number of allylic oxidation sites excluding steroid dienone is 1. The SMILES string of the molecule is CCN(CC)C(=O)/C(N=O)=C(\C)O. The lowest BCUT2D eigenvalue weighted by molar-refractivity contribution is -0.127. The Hall–Kier alpha value is -1.39. The van der Waals surface area contributed by atoms with Crippen LogP contribution in [-0.2, 0) is 4.79 Å². The molecule has 0 atom stereocenters. The van der Waals surface area contributed by atoms with Crippen molar-refractivity contribution >= 4 is 5.91 Å². The summed E-state index contributed by atoms with van der Waals surface area (Å²) in [6.07, 6.45) is 0. The van der Waals surface area contributed by atoms with Crippen LogP contribution in [0.1, 0.15) is 20.8 Å². The van der Waals surface area contributed by atoms with E-state index < -0.39 is 11.6 Å². The molecule has 0 aromatic rings. The van der Waals surface area contributed by atoms with Crippen LogP contribution in [0.2, 0.25) is 0 Å². The average Bonchev–Trinajstić information content (AvgIpc) is 2.07. The van der Waals surface area contributed by atoms with Crippen molar-refractivity contribution in [1.82, 2.24) is 4.90 Å². The third-order valence-corrected chi connectivity index (χ3v) is 1.69. The summed E-state index contributed by atoms with van der Waals surface area (Å²) < 4.78 is 0. The van der Waals surface area contributed by atoms with Crippen molar-refractivity contribution in [2.75, 3.05) is 13.1 Å². The van der Waals surface area contributed by atoms with E-state index >= 15 is 0 Å². The van der Waals surface area contributed by atoms with Crippen LogP contribution in [0.5, 0.6) is 0 Å². The molecular weight excluding hydrogens is 172 g/mol. The van der Waals surface area contributed by atoms with Crippen molar-refractivity contribution < 1.29 is 9.90 Å². The number of hydrogen-bond donors (Lipinski definition) is 1. The molecule has 0 bridgehead atoms. The summed E-state index contributed by atoms with van der Waals surface area (Å²) in [5, 5.41) is 11.5. The standard InChI is InChI=1S/C8H14N2O3/c1-4-10(5-2)8(12)7(9-13)6(3)11/h11H,4-5H2,1-3H3/b7-6-. The maximum atomic E-state index is 11.4. The van der Waals surface area contributed by atoms with E-state index in [4.69, 9.17) is 5.11 Å². The van der Waals surface area contributed by atoms with Gasteiger partial charge in [0, 0.05) is 13.1 Å². The maximum absolute atomic E-state index is 11.4. The highest BCUT2D eigenvalue weighted by atomic mass is 16.3. The van der Waals surface area contributed by atoms with E-state index in [0.717, 1.165) is 0 Å². The van der Waals surface area contributed by atoms with Gasteiger partial charge in [0.05, 0.1) is 0 Å². The third kappa shape index (κ3) is 2.85. The third-order valence-electron chi connectivity index (χ3n) is 1.69. The van der Waals surface area contributed by atoms with Crippen LogP contribution in [-0.4, -0.2) is 29.0 Å². The van der Waals surface area contributed by atoms with E-state index in [2.05, 4.69) is 5.18 Å². The van der Waals surface area contributed by atoms with Gasteiger partial charge in [0.25, 0.3) is 5.91 Å². The summed E-state index contributed by atoms with van der Waals surface area (Å²) in [7, 11) is 0. The molecule has 1 amide bonds. The second-order valence-electron chi connectivity index (χ2n) is 2.50. The fourth-order valence-corrected chi connectivity index (χ4v) is 0.920. The fraction of sp³-hybridized carbons (Fsp3) is 0.625. The van der Waals surface area contributed by atoms with Gasteiger partial charge in [-0.05, 0) is 25.9 Å². The van der Waals surface area contributed by atoms with Gasteiger partial charge >= 0.3 is 0 Å². The van der Waals surface area contributed by atoms with Crippen LogP contribution in [0.3, 0.4) is 0 Å². The summed E-state index contributed by atoms with van der Waals surface area (Å²) in [6, 6.07) is 0. The first-order valence-electron chi connectivity index (χ1n) is 4.10. The number of hydrogen-bond acceptors (Lipinski definition) is 4. The zero-order valence-electron chi connectivity index (χ0n) is 8.07. The Labute approximate surface area is 77.0 Å². The molecule has 0 spiro atoms. The van der Waals surface area contributed by atoms with Gasteiger partial charge in [-0.1, -0.05) is 0 Å². The summed E-state index contributed by atoms with van der Waals surface area (Å²) in [6.45, 7) is 5.81. The van der Waals surface area contributed by atoms with Gasteiger partial charge in [0.1, 0.15) is 5.76 Å². The molecule has 0 heterocycles. The Bertz CT molecular complexity index is 228. The van der Waals surface area contributed by atoms with Crippen LogP contribution >= 0.6 is 0 Å². The van der Waals surface area contributed by atoms with Crippen molar-refractivity contribution in [3.8, 4) is 0 Å². The molecule has 13 heavy (non-hydrogen) atoms. The van der Waals surface area contributed by atoms with Gasteiger partial charge in [0.15, 0.2) is 0 Å². The first-order valence-corrected chi connectivity index (χ1v) is 4.10. The molecule has 0 fully saturated rings. The second kappa shape index (κ2) is 5.29. The molecule has 0 saturated heterocycles. The van der Waals surface area contributed by atoms with Gasteiger partial charge in [-0.15, -0.1) is 4.91 Å². The Kier molecular flexibility index (Phi) is 4.72. The lowest BCUT2D eigenvalue weighted by Crippen LogP contribution is -2.31. The maximum Gasteiger partial charge on any atom is 0.279 e. The van der Waals surface area contributed by atoms with Gasteiger partial charge in [-0.25, -0.2) is 0 Å². The van der Waals surface area contributed by atoms with Crippen LogP contribution in [0.25, 0.3) is 0 Å². The number of nitrogens with zero attached hydrogens (tertiary/aromatic N) is 2. The topological polar surface area (TPSA) is 70.0 Å². The summed E-state index contributed by atoms with van der Waals surface area (Å²) in [5.74, 6) is -0.869. The van der Waals surface area contributed by atoms with Crippen LogP contribution < -0.4 is 0 Å². The summed E-state index contributed by atoms with van der Waals surface area (Å²) in [5.41, 5.74) is -0.413. The van der Waals surface area contributed by atoms with E-state index in [1.165, 1.54) is 11.8 Å². The lowest BCUT2D eigenvalue weighted by atomic mass is 10.3. The van der Waals surface area contributed by atoms with E-state index in [9.17, 15) is 9.70 Å². The minimum atomic E-state index is -0.528. The van der Waals surface area contributed by atoms with Crippen LogP contribution in [0.4, 0.5) is 0 Å². The normalized spacial score (nSPS) is 11.9. The number of nitroso groups, excluding NO2 is 1. The zero-order chi connectivity index (χ0) is 10.4. The largest absolute Gasteiger partial charge is 0.510 e. The van der Waals surface area contributed by atoms with Crippen molar-refractivity contribution in [3.05, 3.63) is 16.4 Å². The fourth-order valence-electron chi connectivity index (χ4n) is 0.920. The van der Waals surface area contributed by atoms with Gasteiger partial charge in [-0.2, -0.15) is 0 Å². The molecule has 5 nitrogen and oxygen atoms in total. The molecule has 0 saturated carbocycles. The van der Waals surface area contributed by atoms with Gasteiger partial charge < -0.3 is 10.0 Å². The monoisotopic (exact) mass is 186 g/mol. The molecule has 0 aliphatic heterocycles. The van der Waals surface area contributed by atoms with Crippen molar-refractivity contribution in [2.24, 2.45) is 5.18 Å². The predicted octanol–water partition coefficient (Wildman–Crippen LogP) is 1.41. The molecule has 0 aliphatic rings. The molecule has 0 unspecified atom stereocenters. The number of rotatable bonds is 4. The summed E-state index contributed by atoms with van der Waals surface area (Å²) in [4.78, 5) is 23.0. The van der Waals surface area contributed by atoms with E-state index in [0.29, 0.717) is 13.1 Å². The van der Waals surface area contributed by atoms with Gasteiger partial charge in [-0.3, -0.25) is 4.79 Å². The highest BCUT2D eigenvalue weighted by molar-refractivity contribution is 5.93. The molecular formula is C8H14N2O3. The molecule has 5 heteroatoms. The number of carbonyl (C=O) groups is 1. The smallest absolute Gasteiger partial charge is 0.279 e. The Balaban J connectivity index is 4.75. The van der Waals surface area contributed by atoms with Crippen molar-refractivity contribution in [3.63, 3.8) is 0 Å². The first kappa shape index (κ1) is 11.6. The van der Waals surface area contributed by atoms with Gasteiger partial charge in [0.2, 0.25) is 5.70 Å². The molecule has 0 aromatic heterocycles. The Morgan fingerprint density at radius 1 is 1.38 bits per heavy atom. The number of amides is 1. The summed E-state index contributed by atoms with van der Waals surface area (Å²) >= 11 is 0. The van der Waals surface area contributed by atoms with Crippen LogP contribution in [0, 0.1) is 4.91 Å². The molecule has 0 rings (SSSR count). The molecule has 74 valence electrons. The lowest BCUT2D eigenvalue weighted by Gasteiger charge is -2.17. The molecule has 0 radical (unpaired) electrons. The van der Waals surface area contributed by atoms with E-state index in [1.807, 2.05) is 0 Å². The van der Waals surface area contributed by atoms with E-state index in [1.54, 1.807) is 13.8 Å². The van der Waals surface area contributed by atoms with Crippen LogP contribution in [0.15, 0.2) is 16.6 Å². The molecule has 0 aromatic carbocycles. The first-order chi connectivity index (χ1) is 6.08. The molecule has 1 N–H and O–H groups in total. The number of aliphatic hydroxyl groups is 1. The predicted molar refractivity (Wildman–Crippen MR) is 49.1 cm³/mol. The Morgan fingerprint density at radius 3 is 2.08 bits per heavy atom.